The number of ether oxygens (including phenoxy) is 1. The normalized spacial score (nSPS) is 11.5. The Labute approximate surface area is 166 Å². The van der Waals surface area contributed by atoms with Crippen LogP contribution >= 0.6 is 0 Å². The number of nitrogens with one attached hydrogen (secondary N) is 1. The van der Waals surface area contributed by atoms with Gasteiger partial charge in [-0.05, 0) is 55.8 Å². The summed E-state index contributed by atoms with van der Waals surface area (Å²) < 4.78 is 32.4. The van der Waals surface area contributed by atoms with E-state index in [1.807, 2.05) is 13.8 Å². The number of hydrogen-bond donors (Lipinski definition) is 1. The highest BCUT2D eigenvalue weighted by molar-refractivity contribution is 7.89. The molecule has 1 amide bonds. The largest absolute Gasteiger partial charge is 0.497 e. The zero-order valence-corrected chi connectivity index (χ0v) is 17.2. The van der Waals surface area contributed by atoms with E-state index >= 15 is 0 Å². The molecular weight excluding hydrogens is 376 g/mol. The van der Waals surface area contributed by atoms with Crippen LogP contribution < -0.4 is 10.1 Å². The fourth-order valence-electron chi connectivity index (χ4n) is 2.60. The topological polar surface area (TPSA) is 75.7 Å². The Hall–Kier alpha value is -2.64. The maximum Gasteiger partial charge on any atom is 0.251 e. The first-order chi connectivity index (χ1) is 13.3. The third kappa shape index (κ3) is 5.43. The molecule has 0 heterocycles. The number of sulfonamides is 1. The first-order valence-corrected chi connectivity index (χ1v) is 10.4. The van der Waals surface area contributed by atoms with Crippen LogP contribution in [0.4, 0.5) is 0 Å². The maximum atomic E-state index is 13.0. The predicted octanol–water partition coefficient (Wildman–Crippen LogP) is 3.21. The van der Waals surface area contributed by atoms with Gasteiger partial charge in [-0.3, -0.25) is 4.79 Å². The Morgan fingerprint density at radius 2 is 1.75 bits per heavy atom. The van der Waals surface area contributed by atoms with Crippen molar-refractivity contribution in [2.75, 3.05) is 13.7 Å². The molecule has 0 radical (unpaired) electrons. The van der Waals surface area contributed by atoms with Gasteiger partial charge in [-0.1, -0.05) is 18.2 Å². The summed E-state index contributed by atoms with van der Waals surface area (Å²) in [6.45, 7) is 7.79. The molecule has 1 N–H and O–H groups in total. The second-order valence-electron chi connectivity index (χ2n) is 6.59. The van der Waals surface area contributed by atoms with E-state index in [1.54, 1.807) is 42.5 Å². The van der Waals surface area contributed by atoms with Crippen molar-refractivity contribution in [3.63, 3.8) is 0 Å². The van der Waals surface area contributed by atoms with Crippen molar-refractivity contribution >= 4 is 15.9 Å². The first kappa shape index (κ1) is 21.7. The molecule has 0 saturated carbocycles. The van der Waals surface area contributed by atoms with Gasteiger partial charge in [0.1, 0.15) is 5.75 Å². The van der Waals surface area contributed by atoms with E-state index in [1.165, 1.54) is 23.5 Å². The number of hydrogen-bond acceptors (Lipinski definition) is 4. The third-order valence-electron chi connectivity index (χ3n) is 4.02. The average Bonchev–Trinajstić information content (AvgIpc) is 2.67. The smallest absolute Gasteiger partial charge is 0.251 e. The van der Waals surface area contributed by atoms with Crippen LogP contribution in [-0.4, -0.2) is 38.3 Å². The number of nitrogens with zero attached hydrogens (tertiary/aromatic N) is 1. The van der Waals surface area contributed by atoms with Gasteiger partial charge in [-0.2, -0.15) is 4.31 Å². The van der Waals surface area contributed by atoms with Crippen LogP contribution in [0.25, 0.3) is 0 Å². The highest BCUT2D eigenvalue weighted by Gasteiger charge is 2.23. The summed E-state index contributed by atoms with van der Waals surface area (Å²) in [5.41, 5.74) is 1.31. The SMILES string of the molecule is C=CCN(Cc1ccc(C(=O)NC(C)C)cc1)S(=O)(=O)c1ccc(OC)cc1. The van der Waals surface area contributed by atoms with Crippen molar-refractivity contribution in [2.24, 2.45) is 0 Å². The summed E-state index contributed by atoms with van der Waals surface area (Å²) in [7, 11) is -2.18. The van der Waals surface area contributed by atoms with Gasteiger partial charge in [0.2, 0.25) is 10.0 Å². The van der Waals surface area contributed by atoms with Crippen LogP contribution in [0.3, 0.4) is 0 Å². The molecule has 0 bridgehead atoms. The lowest BCUT2D eigenvalue weighted by atomic mass is 10.1. The zero-order valence-electron chi connectivity index (χ0n) is 16.4. The van der Waals surface area contributed by atoms with Crippen LogP contribution in [0.1, 0.15) is 29.8 Å². The Morgan fingerprint density at radius 3 is 2.25 bits per heavy atom. The minimum Gasteiger partial charge on any atom is -0.497 e. The molecule has 150 valence electrons. The second kappa shape index (κ2) is 9.52. The number of methoxy groups -OCH3 is 1. The molecule has 0 aliphatic heterocycles. The van der Waals surface area contributed by atoms with Crippen molar-refractivity contribution < 1.29 is 17.9 Å². The summed E-state index contributed by atoms with van der Waals surface area (Å²) in [4.78, 5) is 12.2. The van der Waals surface area contributed by atoms with E-state index < -0.39 is 10.0 Å². The van der Waals surface area contributed by atoms with E-state index in [0.717, 1.165) is 5.56 Å². The highest BCUT2D eigenvalue weighted by Crippen LogP contribution is 2.21. The van der Waals surface area contributed by atoms with Gasteiger partial charge in [0, 0.05) is 24.7 Å². The van der Waals surface area contributed by atoms with Crippen molar-refractivity contribution in [2.45, 2.75) is 31.3 Å². The van der Waals surface area contributed by atoms with Crippen LogP contribution in [0.2, 0.25) is 0 Å². The molecule has 2 aromatic carbocycles. The lowest BCUT2D eigenvalue weighted by Gasteiger charge is -2.21. The highest BCUT2D eigenvalue weighted by atomic mass is 32.2. The van der Waals surface area contributed by atoms with Crippen molar-refractivity contribution in [3.05, 3.63) is 72.3 Å². The van der Waals surface area contributed by atoms with E-state index in [-0.39, 0.29) is 29.9 Å². The molecule has 0 aliphatic rings. The Bertz CT molecular complexity index is 904. The zero-order chi connectivity index (χ0) is 20.7. The fraction of sp³-hybridized carbons (Fsp3) is 0.286. The average molecular weight is 403 g/mol. The lowest BCUT2D eigenvalue weighted by Crippen LogP contribution is -2.31. The molecule has 0 atom stereocenters. The summed E-state index contributed by atoms with van der Waals surface area (Å²) in [5, 5.41) is 2.83. The molecule has 28 heavy (non-hydrogen) atoms. The molecule has 0 unspecified atom stereocenters. The van der Waals surface area contributed by atoms with Crippen LogP contribution in [-0.2, 0) is 16.6 Å². The number of amides is 1. The molecule has 0 spiro atoms. The minimum absolute atomic E-state index is 0.0462. The molecule has 2 rings (SSSR count). The van der Waals surface area contributed by atoms with Gasteiger partial charge in [0.15, 0.2) is 0 Å². The van der Waals surface area contributed by atoms with Gasteiger partial charge < -0.3 is 10.1 Å². The summed E-state index contributed by atoms with van der Waals surface area (Å²) >= 11 is 0. The fourth-order valence-corrected chi connectivity index (χ4v) is 4.00. The van der Waals surface area contributed by atoms with Crippen molar-refractivity contribution in [1.29, 1.82) is 0 Å². The monoisotopic (exact) mass is 402 g/mol. The molecule has 7 heteroatoms. The Kier molecular flexibility index (Phi) is 7.37. The maximum absolute atomic E-state index is 13.0. The van der Waals surface area contributed by atoms with E-state index in [0.29, 0.717) is 11.3 Å². The molecule has 0 aliphatic carbocycles. The third-order valence-corrected chi connectivity index (χ3v) is 5.85. The molecule has 2 aromatic rings. The van der Waals surface area contributed by atoms with E-state index in [4.69, 9.17) is 4.74 Å². The van der Waals surface area contributed by atoms with Crippen LogP contribution in [0.15, 0.2) is 66.1 Å². The van der Waals surface area contributed by atoms with Gasteiger partial charge in [0.25, 0.3) is 5.91 Å². The summed E-state index contributed by atoms with van der Waals surface area (Å²) in [5.74, 6) is 0.430. The van der Waals surface area contributed by atoms with Crippen molar-refractivity contribution in [1.82, 2.24) is 9.62 Å². The number of benzene rings is 2. The molecule has 0 aromatic heterocycles. The molecule has 0 saturated heterocycles. The summed E-state index contributed by atoms with van der Waals surface area (Å²) in [6.07, 6.45) is 1.55. The van der Waals surface area contributed by atoms with E-state index in [9.17, 15) is 13.2 Å². The Morgan fingerprint density at radius 1 is 1.14 bits per heavy atom. The van der Waals surface area contributed by atoms with Gasteiger partial charge in [-0.15, -0.1) is 6.58 Å². The number of carbonyl (C=O) groups is 1. The van der Waals surface area contributed by atoms with Gasteiger partial charge in [-0.25, -0.2) is 8.42 Å². The Balaban J connectivity index is 2.21. The van der Waals surface area contributed by atoms with Gasteiger partial charge >= 0.3 is 0 Å². The van der Waals surface area contributed by atoms with Crippen molar-refractivity contribution in [3.8, 4) is 5.75 Å². The number of rotatable bonds is 9. The number of carbonyl (C=O) groups excluding carboxylic acids is 1. The lowest BCUT2D eigenvalue weighted by molar-refractivity contribution is 0.0943. The quantitative estimate of drug-likeness (QED) is 0.654. The standard InChI is InChI=1S/C21H26N2O4S/c1-5-14-23(28(25,26)20-12-10-19(27-4)11-13-20)15-17-6-8-18(9-7-17)21(24)22-16(2)3/h5-13,16H,1,14-15H2,2-4H3,(H,22,24). The van der Waals surface area contributed by atoms with Gasteiger partial charge in [0.05, 0.1) is 12.0 Å². The molecule has 0 fully saturated rings. The first-order valence-electron chi connectivity index (χ1n) is 8.93. The molecule has 6 nitrogen and oxygen atoms in total. The van der Waals surface area contributed by atoms with Crippen LogP contribution in [0.5, 0.6) is 5.75 Å². The summed E-state index contributed by atoms with van der Waals surface area (Å²) in [6, 6.07) is 13.2. The van der Waals surface area contributed by atoms with E-state index in [2.05, 4.69) is 11.9 Å². The second-order valence-corrected chi connectivity index (χ2v) is 8.52. The predicted molar refractivity (Wildman–Crippen MR) is 110 cm³/mol. The minimum atomic E-state index is -3.70. The van der Waals surface area contributed by atoms with Crippen LogP contribution in [0, 0.1) is 0 Å². The molecular formula is C21H26N2O4S.